The molecule has 3 nitrogen and oxygen atoms in total. The Morgan fingerprint density at radius 1 is 1.53 bits per heavy atom. The molecule has 0 spiro atoms. The molecule has 1 unspecified atom stereocenters. The number of benzene rings is 1. The van der Waals surface area contributed by atoms with Gasteiger partial charge in [-0.25, -0.2) is 4.98 Å². The maximum atomic E-state index is 5.93. The Labute approximate surface area is 110 Å². The van der Waals surface area contributed by atoms with Crippen LogP contribution in [0.1, 0.15) is 13.3 Å². The topological polar surface area (TPSA) is 34.1 Å². The Bertz CT molecular complexity index is 500. The van der Waals surface area contributed by atoms with Crippen molar-refractivity contribution in [3.05, 3.63) is 23.2 Å². The van der Waals surface area contributed by atoms with Crippen LogP contribution >= 0.6 is 22.9 Å². The third-order valence-corrected chi connectivity index (χ3v) is 3.74. The number of ether oxygens (including phenoxy) is 1. The molecule has 1 aromatic carbocycles. The van der Waals surface area contributed by atoms with Crippen molar-refractivity contribution in [1.82, 2.24) is 4.98 Å². The molecule has 5 heteroatoms. The number of anilines is 1. The summed E-state index contributed by atoms with van der Waals surface area (Å²) in [7, 11) is 1.71. The van der Waals surface area contributed by atoms with Crippen LogP contribution in [0.2, 0.25) is 5.02 Å². The molecule has 1 heterocycles. The first-order valence-corrected chi connectivity index (χ1v) is 6.74. The number of rotatable bonds is 5. The summed E-state index contributed by atoms with van der Waals surface area (Å²) in [5.41, 5.74) is 0.942. The molecule has 2 aromatic rings. The molecule has 0 aliphatic carbocycles. The molecule has 0 fully saturated rings. The zero-order valence-corrected chi connectivity index (χ0v) is 11.4. The zero-order valence-electron chi connectivity index (χ0n) is 9.87. The summed E-state index contributed by atoms with van der Waals surface area (Å²) in [6.07, 6.45) is 1.00. The predicted molar refractivity (Wildman–Crippen MR) is 74.2 cm³/mol. The van der Waals surface area contributed by atoms with Crippen molar-refractivity contribution in [2.24, 2.45) is 0 Å². The lowest BCUT2D eigenvalue weighted by Gasteiger charge is -2.14. The van der Waals surface area contributed by atoms with Gasteiger partial charge in [-0.3, -0.25) is 0 Å². The fourth-order valence-electron chi connectivity index (χ4n) is 1.60. The van der Waals surface area contributed by atoms with E-state index in [-0.39, 0.29) is 0 Å². The van der Waals surface area contributed by atoms with Gasteiger partial charge in [0.1, 0.15) is 0 Å². The van der Waals surface area contributed by atoms with Crippen molar-refractivity contribution in [3.8, 4) is 0 Å². The van der Waals surface area contributed by atoms with Gasteiger partial charge in [-0.2, -0.15) is 0 Å². The monoisotopic (exact) mass is 270 g/mol. The van der Waals surface area contributed by atoms with Crippen LogP contribution in [0.5, 0.6) is 0 Å². The Balaban J connectivity index is 2.18. The van der Waals surface area contributed by atoms with Crippen LogP contribution in [-0.4, -0.2) is 24.7 Å². The number of halogens is 1. The van der Waals surface area contributed by atoms with Gasteiger partial charge in [-0.1, -0.05) is 29.9 Å². The smallest absolute Gasteiger partial charge is 0.184 e. The van der Waals surface area contributed by atoms with Crippen molar-refractivity contribution < 1.29 is 4.74 Å². The molecule has 1 aromatic heterocycles. The SMILES string of the molecule is CCC(COC)Nc1nc2cc(Cl)ccc2s1. The Morgan fingerprint density at radius 2 is 2.35 bits per heavy atom. The number of hydrogen-bond acceptors (Lipinski definition) is 4. The number of hydrogen-bond donors (Lipinski definition) is 1. The average Bonchev–Trinajstić information content (AvgIpc) is 2.69. The summed E-state index contributed by atoms with van der Waals surface area (Å²) in [5, 5.41) is 5.02. The largest absolute Gasteiger partial charge is 0.383 e. The van der Waals surface area contributed by atoms with Crippen LogP contribution < -0.4 is 5.32 Å². The first kappa shape index (κ1) is 12.6. The van der Waals surface area contributed by atoms with Crippen LogP contribution in [0.4, 0.5) is 5.13 Å². The lowest BCUT2D eigenvalue weighted by molar-refractivity contribution is 0.184. The van der Waals surface area contributed by atoms with Gasteiger partial charge >= 0.3 is 0 Å². The summed E-state index contributed by atoms with van der Waals surface area (Å²) in [5.74, 6) is 0. The normalized spacial score (nSPS) is 12.9. The Morgan fingerprint density at radius 3 is 3.06 bits per heavy atom. The van der Waals surface area contributed by atoms with E-state index in [2.05, 4.69) is 17.2 Å². The molecule has 1 atom stereocenters. The lowest BCUT2D eigenvalue weighted by atomic mass is 10.2. The Kier molecular flexibility index (Phi) is 4.20. The van der Waals surface area contributed by atoms with Crippen LogP contribution in [0, 0.1) is 0 Å². The lowest BCUT2D eigenvalue weighted by Crippen LogP contribution is -2.23. The highest BCUT2D eigenvalue weighted by Crippen LogP contribution is 2.28. The summed E-state index contributed by atoms with van der Waals surface area (Å²) in [6, 6.07) is 6.07. The van der Waals surface area contributed by atoms with E-state index in [1.807, 2.05) is 18.2 Å². The second kappa shape index (κ2) is 5.67. The van der Waals surface area contributed by atoms with E-state index in [1.54, 1.807) is 18.4 Å². The molecular weight excluding hydrogens is 256 g/mol. The summed E-state index contributed by atoms with van der Waals surface area (Å²) in [6.45, 7) is 2.81. The van der Waals surface area contributed by atoms with Crippen LogP contribution in [0.3, 0.4) is 0 Å². The van der Waals surface area contributed by atoms with E-state index in [4.69, 9.17) is 16.3 Å². The number of methoxy groups -OCH3 is 1. The molecule has 2 rings (SSSR count). The maximum Gasteiger partial charge on any atom is 0.184 e. The molecule has 1 N–H and O–H groups in total. The second-order valence-corrected chi connectivity index (χ2v) is 5.30. The molecule has 0 amide bonds. The van der Waals surface area contributed by atoms with Crippen LogP contribution in [-0.2, 0) is 4.74 Å². The van der Waals surface area contributed by atoms with Gasteiger partial charge in [-0.15, -0.1) is 0 Å². The number of aromatic nitrogens is 1. The molecule has 92 valence electrons. The van der Waals surface area contributed by atoms with Gasteiger partial charge in [0.2, 0.25) is 0 Å². The predicted octanol–water partition coefficient (Wildman–Crippen LogP) is 3.79. The number of nitrogens with zero attached hydrogens (tertiary/aromatic N) is 1. The van der Waals surface area contributed by atoms with Crippen molar-refractivity contribution in [2.75, 3.05) is 19.0 Å². The minimum atomic E-state index is 0.302. The molecular formula is C12H15ClN2OS. The molecule has 0 aliphatic heterocycles. The highest BCUT2D eigenvalue weighted by molar-refractivity contribution is 7.22. The minimum absolute atomic E-state index is 0.302. The van der Waals surface area contributed by atoms with E-state index in [1.165, 1.54) is 0 Å². The van der Waals surface area contributed by atoms with Gasteiger partial charge in [0.15, 0.2) is 5.13 Å². The first-order chi connectivity index (χ1) is 8.22. The average molecular weight is 271 g/mol. The molecule has 0 bridgehead atoms. The number of thiazole rings is 1. The fourth-order valence-corrected chi connectivity index (χ4v) is 2.69. The highest BCUT2D eigenvalue weighted by Gasteiger charge is 2.09. The van der Waals surface area contributed by atoms with E-state index in [0.717, 1.165) is 26.8 Å². The van der Waals surface area contributed by atoms with Gasteiger partial charge in [0, 0.05) is 12.1 Å². The van der Waals surface area contributed by atoms with Gasteiger partial charge in [-0.05, 0) is 24.6 Å². The molecule has 0 saturated carbocycles. The molecule has 0 aliphatic rings. The fraction of sp³-hybridized carbons (Fsp3) is 0.417. The Hall–Kier alpha value is -0.840. The standard InChI is InChI=1S/C12H15ClN2OS/c1-3-9(7-16-2)14-12-15-10-6-8(13)4-5-11(10)17-12/h4-6,9H,3,7H2,1-2H3,(H,14,15). The molecule has 0 saturated heterocycles. The van der Waals surface area contributed by atoms with E-state index >= 15 is 0 Å². The van der Waals surface area contributed by atoms with Crippen molar-refractivity contribution >= 4 is 38.3 Å². The van der Waals surface area contributed by atoms with Crippen molar-refractivity contribution in [1.29, 1.82) is 0 Å². The third-order valence-electron chi connectivity index (χ3n) is 2.54. The first-order valence-electron chi connectivity index (χ1n) is 5.54. The van der Waals surface area contributed by atoms with Gasteiger partial charge < -0.3 is 10.1 Å². The highest BCUT2D eigenvalue weighted by atomic mass is 35.5. The quantitative estimate of drug-likeness (QED) is 0.898. The molecule has 0 radical (unpaired) electrons. The second-order valence-electron chi connectivity index (χ2n) is 3.84. The summed E-state index contributed by atoms with van der Waals surface area (Å²) in [4.78, 5) is 4.51. The van der Waals surface area contributed by atoms with Crippen molar-refractivity contribution in [3.63, 3.8) is 0 Å². The van der Waals surface area contributed by atoms with Crippen LogP contribution in [0.25, 0.3) is 10.2 Å². The number of fused-ring (bicyclic) bond motifs is 1. The zero-order chi connectivity index (χ0) is 12.3. The third kappa shape index (κ3) is 3.09. The maximum absolute atomic E-state index is 5.93. The van der Waals surface area contributed by atoms with Gasteiger partial charge in [0.05, 0.1) is 22.9 Å². The number of nitrogens with one attached hydrogen (secondary N) is 1. The van der Waals surface area contributed by atoms with Crippen LogP contribution in [0.15, 0.2) is 18.2 Å². The summed E-state index contributed by atoms with van der Waals surface area (Å²) >= 11 is 7.57. The molecule has 17 heavy (non-hydrogen) atoms. The van der Waals surface area contributed by atoms with Crippen molar-refractivity contribution in [2.45, 2.75) is 19.4 Å². The van der Waals surface area contributed by atoms with E-state index in [9.17, 15) is 0 Å². The van der Waals surface area contributed by atoms with E-state index < -0.39 is 0 Å². The van der Waals surface area contributed by atoms with E-state index in [0.29, 0.717) is 12.6 Å². The van der Waals surface area contributed by atoms with Gasteiger partial charge in [0.25, 0.3) is 0 Å². The summed E-state index contributed by atoms with van der Waals surface area (Å²) < 4.78 is 6.30. The minimum Gasteiger partial charge on any atom is -0.383 e.